The first-order valence-corrected chi connectivity index (χ1v) is 11.8. The summed E-state index contributed by atoms with van der Waals surface area (Å²) in [5, 5.41) is 9.98. The minimum atomic E-state index is -4.02. The van der Waals surface area contributed by atoms with Crippen LogP contribution in [0.1, 0.15) is 35.6 Å². The average molecular weight is 440 g/mol. The van der Waals surface area contributed by atoms with E-state index in [1.54, 1.807) is 12.1 Å². The molecule has 5 nitrogen and oxygen atoms in total. The Hall–Kier alpha value is -2.51. The number of hydrogen-bond acceptors (Lipinski definition) is 4. The zero-order valence-electron chi connectivity index (χ0n) is 17.6. The lowest BCUT2D eigenvalue weighted by Gasteiger charge is -2.37. The van der Waals surface area contributed by atoms with Crippen LogP contribution in [0.3, 0.4) is 0 Å². The molecule has 31 heavy (non-hydrogen) atoms. The van der Waals surface area contributed by atoms with Gasteiger partial charge >= 0.3 is 0 Å². The molecule has 6 heteroatoms. The Morgan fingerprint density at radius 3 is 1.84 bits per heavy atom. The second-order valence-corrected chi connectivity index (χ2v) is 9.22. The van der Waals surface area contributed by atoms with Gasteiger partial charge in [-0.15, -0.1) is 0 Å². The van der Waals surface area contributed by atoms with Crippen LogP contribution in [0.25, 0.3) is 0 Å². The highest BCUT2D eigenvalue weighted by Crippen LogP contribution is 2.30. The first-order valence-electron chi connectivity index (χ1n) is 10.4. The Morgan fingerprint density at radius 2 is 1.39 bits per heavy atom. The zero-order chi connectivity index (χ0) is 22.3. The molecule has 0 aromatic heterocycles. The molecule has 1 unspecified atom stereocenters. The maximum Gasteiger partial charge on any atom is 0.294 e. The van der Waals surface area contributed by atoms with Gasteiger partial charge in [0.05, 0.1) is 17.0 Å². The van der Waals surface area contributed by atoms with Gasteiger partial charge in [0.25, 0.3) is 10.1 Å². The van der Waals surface area contributed by atoms with Crippen molar-refractivity contribution < 1.29 is 18.1 Å². The summed E-state index contributed by atoms with van der Waals surface area (Å²) >= 11 is 0. The summed E-state index contributed by atoms with van der Waals surface area (Å²) in [5.41, 5.74) is 3.55. The molecule has 0 bridgehead atoms. The predicted molar refractivity (Wildman–Crippen MR) is 123 cm³/mol. The SMILES string of the molecule is Cc1ccc(S(=O)(=O)O)cc1.OC1CCCN(C(c2ccccc2)c2ccccc2)C1. The third-order valence-corrected chi connectivity index (χ3v) is 6.21. The Labute approximate surface area is 184 Å². The maximum absolute atomic E-state index is 10.5. The lowest BCUT2D eigenvalue weighted by atomic mass is 9.94. The van der Waals surface area contributed by atoms with E-state index in [1.807, 2.05) is 6.92 Å². The lowest BCUT2D eigenvalue weighted by molar-refractivity contribution is 0.0551. The van der Waals surface area contributed by atoms with Crippen LogP contribution in [0, 0.1) is 6.92 Å². The first kappa shape index (κ1) is 23.2. The third-order valence-electron chi connectivity index (χ3n) is 5.34. The van der Waals surface area contributed by atoms with Crippen molar-refractivity contribution in [3.05, 3.63) is 102 Å². The molecule has 3 aromatic rings. The minimum Gasteiger partial charge on any atom is -0.392 e. The van der Waals surface area contributed by atoms with Crippen molar-refractivity contribution in [1.82, 2.24) is 4.90 Å². The molecule has 1 fully saturated rings. The molecule has 1 heterocycles. The van der Waals surface area contributed by atoms with Crippen LogP contribution < -0.4 is 0 Å². The van der Waals surface area contributed by atoms with E-state index in [2.05, 4.69) is 65.6 Å². The molecule has 0 amide bonds. The summed E-state index contributed by atoms with van der Waals surface area (Å²) in [6.45, 7) is 3.65. The molecule has 3 aromatic carbocycles. The monoisotopic (exact) mass is 439 g/mol. The fourth-order valence-electron chi connectivity index (χ4n) is 3.81. The van der Waals surface area contributed by atoms with E-state index in [0.29, 0.717) is 0 Å². The smallest absolute Gasteiger partial charge is 0.294 e. The highest BCUT2D eigenvalue weighted by Gasteiger charge is 2.26. The molecular weight excluding hydrogens is 410 g/mol. The summed E-state index contributed by atoms with van der Waals surface area (Å²) in [6.07, 6.45) is 1.79. The fourth-order valence-corrected chi connectivity index (χ4v) is 4.29. The number of aliphatic hydroxyl groups excluding tert-OH is 1. The number of rotatable bonds is 4. The van der Waals surface area contributed by atoms with E-state index in [-0.39, 0.29) is 17.0 Å². The van der Waals surface area contributed by atoms with Gasteiger partial charge in [-0.2, -0.15) is 8.42 Å². The van der Waals surface area contributed by atoms with E-state index >= 15 is 0 Å². The Morgan fingerprint density at radius 1 is 0.871 bits per heavy atom. The lowest BCUT2D eigenvalue weighted by Crippen LogP contribution is -2.41. The van der Waals surface area contributed by atoms with Crippen LogP contribution in [-0.2, 0) is 10.1 Å². The van der Waals surface area contributed by atoms with Crippen LogP contribution in [0.4, 0.5) is 0 Å². The Balaban J connectivity index is 0.000000210. The van der Waals surface area contributed by atoms with Crippen LogP contribution in [0.5, 0.6) is 0 Å². The molecule has 0 saturated carbocycles. The fraction of sp³-hybridized carbons (Fsp3) is 0.280. The molecule has 1 aliphatic heterocycles. The second kappa shape index (κ2) is 10.7. The van der Waals surface area contributed by atoms with Gasteiger partial charge in [-0.3, -0.25) is 9.45 Å². The molecular formula is C25H29NO4S. The molecule has 4 rings (SSSR count). The largest absolute Gasteiger partial charge is 0.392 e. The Kier molecular flexibility index (Phi) is 7.98. The van der Waals surface area contributed by atoms with Crippen LogP contribution in [0.2, 0.25) is 0 Å². The average Bonchev–Trinajstić information content (AvgIpc) is 2.76. The van der Waals surface area contributed by atoms with E-state index in [4.69, 9.17) is 4.55 Å². The molecule has 1 aliphatic rings. The van der Waals surface area contributed by atoms with Crippen molar-refractivity contribution in [2.24, 2.45) is 0 Å². The number of aliphatic hydroxyl groups is 1. The van der Waals surface area contributed by atoms with Gasteiger partial charge in [0.1, 0.15) is 0 Å². The second-order valence-electron chi connectivity index (χ2n) is 7.80. The maximum atomic E-state index is 10.5. The van der Waals surface area contributed by atoms with Gasteiger partial charge in [-0.25, -0.2) is 0 Å². The van der Waals surface area contributed by atoms with Crippen molar-refractivity contribution in [3.63, 3.8) is 0 Å². The van der Waals surface area contributed by atoms with Crippen molar-refractivity contribution in [2.75, 3.05) is 13.1 Å². The summed E-state index contributed by atoms with van der Waals surface area (Å²) in [7, 11) is -4.02. The van der Waals surface area contributed by atoms with Crippen LogP contribution in [0.15, 0.2) is 89.8 Å². The Bertz CT molecular complexity index is 998. The minimum absolute atomic E-state index is 0.0666. The number of benzene rings is 3. The number of hydrogen-bond donors (Lipinski definition) is 2. The van der Waals surface area contributed by atoms with Crippen molar-refractivity contribution in [3.8, 4) is 0 Å². The quantitative estimate of drug-likeness (QED) is 0.587. The summed E-state index contributed by atoms with van der Waals surface area (Å²) < 4.78 is 29.6. The van der Waals surface area contributed by atoms with Crippen LogP contribution >= 0.6 is 0 Å². The number of aryl methyl sites for hydroxylation is 1. The van der Waals surface area contributed by atoms with Gasteiger partial charge < -0.3 is 5.11 Å². The standard InChI is InChI=1S/C18H21NO.C7H8O3S/c20-17-12-7-13-19(14-17)18(15-8-3-1-4-9-15)16-10-5-2-6-11-16;1-6-2-4-7(5-3-6)11(8,9)10/h1-6,8-11,17-18,20H,7,12-14H2;2-5H,1H3,(H,8,9,10). The number of likely N-dealkylation sites (tertiary alicyclic amines) is 1. The third kappa shape index (κ3) is 6.74. The van der Waals surface area contributed by atoms with Gasteiger partial charge in [-0.05, 0) is 49.6 Å². The topological polar surface area (TPSA) is 77.8 Å². The number of nitrogens with zero attached hydrogens (tertiary/aromatic N) is 1. The zero-order valence-corrected chi connectivity index (χ0v) is 18.4. The van der Waals surface area contributed by atoms with E-state index in [1.165, 1.54) is 23.3 Å². The van der Waals surface area contributed by atoms with E-state index < -0.39 is 10.1 Å². The number of β-amino-alcohol motifs (C(OH)–C–C–N with tert-alkyl or cyclic N) is 1. The van der Waals surface area contributed by atoms with Crippen molar-refractivity contribution >= 4 is 10.1 Å². The number of piperidine rings is 1. The molecule has 164 valence electrons. The van der Waals surface area contributed by atoms with Crippen molar-refractivity contribution in [2.45, 2.75) is 36.8 Å². The highest BCUT2D eigenvalue weighted by molar-refractivity contribution is 7.85. The van der Waals surface area contributed by atoms with Crippen molar-refractivity contribution in [1.29, 1.82) is 0 Å². The highest BCUT2D eigenvalue weighted by atomic mass is 32.2. The molecule has 0 radical (unpaired) electrons. The molecule has 1 saturated heterocycles. The van der Waals surface area contributed by atoms with Gasteiger partial charge in [0.15, 0.2) is 0 Å². The molecule has 0 aliphatic carbocycles. The van der Waals surface area contributed by atoms with Gasteiger partial charge in [-0.1, -0.05) is 78.4 Å². The van der Waals surface area contributed by atoms with E-state index in [9.17, 15) is 13.5 Å². The first-order chi connectivity index (χ1) is 14.8. The summed E-state index contributed by atoms with van der Waals surface area (Å²) in [4.78, 5) is 2.34. The van der Waals surface area contributed by atoms with Gasteiger partial charge in [0.2, 0.25) is 0 Å². The van der Waals surface area contributed by atoms with Crippen LogP contribution in [-0.4, -0.2) is 42.2 Å². The summed E-state index contributed by atoms with van der Waals surface area (Å²) in [5.74, 6) is 0. The summed E-state index contributed by atoms with van der Waals surface area (Å²) in [6, 6.07) is 27.4. The molecule has 1 atom stereocenters. The molecule has 0 spiro atoms. The predicted octanol–water partition coefficient (Wildman–Crippen LogP) is 4.47. The van der Waals surface area contributed by atoms with E-state index in [0.717, 1.165) is 31.5 Å². The molecule has 2 N–H and O–H groups in total. The van der Waals surface area contributed by atoms with Gasteiger partial charge in [0, 0.05) is 6.54 Å². The normalized spacial score (nSPS) is 17.1.